The largest absolute Gasteiger partial charge is 0.378 e. The van der Waals surface area contributed by atoms with Crippen molar-refractivity contribution in [2.75, 3.05) is 13.2 Å². The fraction of sp³-hybridized carbons (Fsp3) is 0.889. The summed E-state index contributed by atoms with van der Waals surface area (Å²) in [5.41, 5.74) is 10.4. The molecule has 0 aliphatic heterocycles. The van der Waals surface area contributed by atoms with Crippen LogP contribution in [0.5, 0.6) is 0 Å². The molecular weight excluding hydrogens is 166 g/mol. The Kier molecular flexibility index (Phi) is 4.60. The molecule has 1 aliphatic rings. The Balaban J connectivity index is 1.91. The van der Waals surface area contributed by atoms with E-state index in [-0.39, 0.29) is 5.96 Å². The molecule has 0 bridgehead atoms. The monoisotopic (exact) mass is 185 g/mol. The van der Waals surface area contributed by atoms with Crippen molar-refractivity contribution < 1.29 is 4.74 Å². The third-order valence-electron chi connectivity index (χ3n) is 2.25. The van der Waals surface area contributed by atoms with Crippen LogP contribution in [0.15, 0.2) is 4.99 Å². The van der Waals surface area contributed by atoms with Gasteiger partial charge in [0, 0.05) is 13.2 Å². The lowest BCUT2D eigenvalue weighted by molar-refractivity contribution is 0.0579. The van der Waals surface area contributed by atoms with E-state index in [2.05, 4.69) is 4.99 Å². The maximum Gasteiger partial charge on any atom is 0.185 e. The summed E-state index contributed by atoms with van der Waals surface area (Å²) in [6, 6.07) is 0. The van der Waals surface area contributed by atoms with Crippen molar-refractivity contribution in [2.45, 2.75) is 38.2 Å². The normalized spacial score (nSPS) is 17.5. The second-order valence-corrected chi connectivity index (χ2v) is 3.44. The molecule has 0 spiro atoms. The fourth-order valence-electron chi connectivity index (χ4n) is 1.58. The van der Waals surface area contributed by atoms with E-state index in [4.69, 9.17) is 16.2 Å². The molecule has 1 aliphatic carbocycles. The maximum absolute atomic E-state index is 5.63. The average molecular weight is 185 g/mol. The molecule has 4 nitrogen and oxygen atoms in total. The number of hydrogen-bond acceptors (Lipinski definition) is 2. The quantitative estimate of drug-likeness (QED) is 0.374. The van der Waals surface area contributed by atoms with Gasteiger partial charge in [0.2, 0.25) is 0 Å². The topological polar surface area (TPSA) is 73.6 Å². The number of aliphatic imine (C=N–C) groups is 1. The van der Waals surface area contributed by atoms with E-state index in [0.29, 0.717) is 12.6 Å². The van der Waals surface area contributed by atoms with Crippen LogP contribution in [-0.2, 0) is 4.74 Å². The SMILES string of the molecule is NC(N)=NCCCOC1CCCC1. The third-order valence-corrected chi connectivity index (χ3v) is 2.25. The fourth-order valence-corrected chi connectivity index (χ4v) is 1.58. The summed E-state index contributed by atoms with van der Waals surface area (Å²) in [7, 11) is 0. The van der Waals surface area contributed by atoms with Gasteiger partial charge in [0.25, 0.3) is 0 Å². The van der Waals surface area contributed by atoms with Gasteiger partial charge in [-0.25, -0.2) is 0 Å². The smallest absolute Gasteiger partial charge is 0.185 e. The Labute approximate surface area is 79.3 Å². The number of nitrogens with two attached hydrogens (primary N) is 2. The maximum atomic E-state index is 5.63. The summed E-state index contributed by atoms with van der Waals surface area (Å²) >= 11 is 0. The number of guanidine groups is 1. The highest BCUT2D eigenvalue weighted by molar-refractivity contribution is 5.75. The van der Waals surface area contributed by atoms with Crippen LogP contribution in [0, 0.1) is 0 Å². The predicted octanol–water partition coefficient (Wildman–Crippen LogP) is 0.609. The van der Waals surface area contributed by atoms with Crippen molar-refractivity contribution in [3.05, 3.63) is 0 Å². The number of nitrogens with zero attached hydrogens (tertiary/aromatic N) is 1. The summed E-state index contributed by atoms with van der Waals surface area (Å²) in [6.45, 7) is 1.45. The second kappa shape index (κ2) is 5.80. The van der Waals surface area contributed by atoms with Gasteiger partial charge in [0.05, 0.1) is 6.10 Å². The summed E-state index contributed by atoms with van der Waals surface area (Å²) in [5.74, 6) is 0.167. The molecule has 0 unspecified atom stereocenters. The molecule has 76 valence electrons. The first kappa shape index (κ1) is 10.3. The van der Waals surface area contributed by atoms with Gasteiger partial charge in [-0.3, -0.25) is 4.99 Å². The summed E-state index contributed by atoms with van der Waals surface area (Å²) in [5, 5.41) is 0. The molecule has 13 heavy (non-hydrogen) atoms. The predicted molar refractivity (Wildman–Crippen MR) is 53.5 cm³/mol. The highest BCUT2D eigenvalue weighted by Crippen LogP contribution is 2.20. The number of ether oxygens (including phenoxy) is 1. The molecule has 0 atom stereocenters. The van der Waals surface area contributed by atoms with Crippen LogP contribution in [0.25, 0.3) is 0 Å². The zero-order valence-corrected chi connectivity index (χ0v) is 8.04. The first-order valence-corrected chi connectivity index (χ1v) is 4.96. The molecular formula is C9H19N3O. The van der Waals surface area contributed by atoms with E-state index in [1.54, 1.807) is 0 Å². The average Bonchev–Trinajstić information content (AvgIpc) is 2.55. The van der Waals surface area contributed by atoms with E-state index < -0.39 is 0 Å². The molecule has 1 saturated carbocycles. The van der Waals surface area contributed by atoms with Crippen LogP contribution in [0.4, 0.5) is 0 Å². The lowest BCUT2D eigenvalue weighted by Gasteiger charge is -2.09. The van der Waals surface area contributed by atoms with E-state index in [1.165, 1.54) is 25.7 Å². The van der Waals surface area contributed by atoms with E-state index in [1.807, 2.05) is 0 Å². The molecule has 0 saturated heterocycles. The second-order valence-electron chi connectivity index (χ2n) is 3.44. The number of rotatable bonds is 5. The zero-order chi connectivity index (χ0) is 9.52. The Morgan fingerprint density at radius 2 is 2.00 bits per heavy atom. The first-order valence-electron chi connectivity index (χ1n) is 4.96. The van der Waals surface area contributed by atoms with Crippen LogP contribution in [0.3, 0.4) is 0 Å². The Morgan fingerprint density at radius 3 is 2.62 bits per heavy atom. The van der Waals surface area contributed by atoms with Gasteiger partial charge in [0.1, 0.15) is 0 Å². The molecule has 0 aromatic heterocycles. The molecule has 0 radical (unpaired) electrons. The summed E-state index contributed by atoms with van der Waals surface area (Å²) in [4.78, 5) is 3.88. The van der Waals surface area contributed by atoms with Crippen LogP contribution in [0.1, 0.15) is 32.1 Å². The van der Waals surface area contributed by atoms with E-state index >= 15 is 0 Å². The van der Waals surface area contributed by atoms with Gasteiger partial charge in [-0.05, 0) is 19.3 Å². The van der Waals surface area contributed by atoms with Gasteiger partial charge < -0.3 is 16.2 Å². The minimum Gasteiger partial charge on any atom is -0.378 e. The van der Waals surface area contributed by atoms with E-state index in [0.717, 1.165) is 13.0 Å². The minimum absolute atomic E-state index is 0.167. The van der Waals surface area contributed by atoms with Crippen molar-refractivity contribution in [2.24, 2.45) is 16.5 Å². The van der Waals surface area contributed by atoms with Crippen molar-refractivity contribution >= 4 is 5.96 Å². The molecule has 1 rings (SSSR count). The van der Waals surface area contributed by atoms with Gasteiger partial charge in [-0.15, -0.1) is 0 Å². The minimum atomic E-state index is 0.167. The lowest BCUT2D eigenvalue weighted by atomic mass is 10.3. The molecule has 0 aromatic rings. The zero-order valence-electron chi connectivity index (χ0n) is 8.04. The molecule has 1 fully saturated rings. The van der Waals surface area contributed by atoms with Crippen LogP contribution in [-0.4, -0.2) is 25.2 Å². The van der Waals surface area contributed by atoms with Crippen molar-refractivity contribution in [1.29, 1.82) is 0 Å². The molecule has 4 heteroatoms. The Bertz CT molecular complexity index is 160. The molecule has 0 heterocycles. The van der Waals surface area contributed by atoms with E-state index in [9.17, 15) is 0 Å². The lowest BCUT2D eigenvalue weighted by Crippen LogP contribution is -2.23. The van der Waals surface area contributed by atoms with Crippen molar-refractivity contribution in [3.63, 3.8) is 0 Å². The summed E-state index contributed by atoms with van der Waals surface area (Å²) < 4.78 is 5.63. The van der Waals surface area contributed by atoms with Crippen molar-refractivity contribution in [3.8, 4) is 0 Å². The van der Waals surface area contributed by atoms with Crippen LogP contribution in [0.2, 0.25) is 0 Å². The molecule has 4 N–H and O–H groups in total. The third kappa shape index (κ3) is 4.72. The number of hydrogen-bond donors (Lipinski definition) is 2. The molecule has 0 aromatic carbocycles. The Morgan fingerprint density at radius 1 is 1.31 bits per heavy atom. The van der Waals surface area contributed by atoms with Gasteiger partial charge >= 0.3 is 0 Å². The first-order chi connectivity index (χ1) is 6.29. The van der Waals surface area contributed by atoms with Crippen LogP contribution < -0.4 is 11.5 Å². The van der Waals surface area contributed by atoms with Gasteiger partial charge in [-0.2, -0.15) is 0 Å². The van der Waals surface area contributed by atoms with Gasteiger partial charge in [-0.1, -0.05) is 12.8 Å². The van der Waals surface area contributed by atoms with Gasteiger partial charge in [0.15, 0.2) is 5.96 Å². The van der Waals surface area contributed by atoms with Crippen LogP contribution >= 0.6 is 0 Å². The Hall–Kier alpha value is -0.770. The molecule has 0 amide bonds. The highest BCUT2D eigenvalue weighted by Gasteiger charge is 2.14. The highest BCUT2D eigenvalue weighted by atomic mass is 16.5. The summed E-state index contributed by atoms with van der Waals surface area (Å²) in [6.07, 6.45) is 6.50. The van der Waals surface area contributed by atoms with Crippen molar-refractivity contribution in [1.82, 2.24) is 0 Å². The standard InChI is InChI=1S/C9H19N3O/c10-9(11)12-6-3-7-13-8-4-1-2-5-8/h8H,1-7H2,(H4,10,11,12).